The molecule has 0 aromatic heterocycles. The van der Waals surface area contributed by atoms with Gasteiger partial charge in [0.1, 0.15) is 5.75 Å². The van der Waals surface area contributed by atoms with E-state index >= 15 is 0 Å². The number of carbonyl (C=O) groups excluding carboxylic acids is 1. The van der Waals surface area contributed by atoms with Gasteiger partial charge in [-0.25, -0.2) is 0 Å². The summed E-state index contributed by atoms with van der Waals surface area (Å²) in [6.45, 7) is 3.90. The van der Waals surface area contributed by atoms with E-state index in [4.69, 9.17) is 5.73 Å². The SMILES string of the molecule is Cc1ccc(NC(=O)CCN)c(C)c1O. The van der Waals surface area contributed by atoms with Crippen LogP contribution >= 0.6 is 0 Å². The summed E-state index contributed by atoms with van der Waals surface area (Å²) >= 11 is 0. The molecule has 1 rings (SSSR count). The number of aryl methyl sites for hydroxylation is 1. The molecular weight excluding hydrogens is 192 g/mol. The van der Waals surface area contributed by atoms with Gasteiger partial charge in [-0.05, 0) is 25.5 Å². The lowest BCUT2D eigenvalue weighted by Gasteiger charge is -2.10. The van der Waals surface area contributed by atoms with Crippen LogP contribution in [0.25, 0.3) is 0 Å². The number of nitrogens with one attached hydrogen (secondary N) is 1. The van der Waals surface area contributed by atoms with Crippen LogP contribution < -0.4 is 11.1 Å². The van der Waals surface area contributed by atoms with E-state index in [9.17, 15) is 9.90 Å². The normalized spacial score (nSPS) is 10.1. The summed E-state index contributed by atoms with van der Waals surface area (Å²) in [6.07, 6.45) is 0.286. The molecule has 0 saturated heterocycles. The first-order valence-electron chi connectivity index (χ1n) is 4.85. The second kappa shape index (κ2) is 4.79. The van der Waals surface area contributed by atoms with Gasteiger partial charge < -0.3 is 16.2 Å². The molecule has 0 unspecified atom stereocenters. The molecule has 82 valence electrons. The van der Waals surface area contributed by atoms with Gasteiger partial charge >= 0.3 is 0 Å². The number of aromatic hydroxyl groups is 1. The van der Waals surface area contributed by atoms with Crippen molar-refractivity contribution in [3.8, 4) is 5.75 Å². The lowest BCUT2D eigenvalue weighted by atomic mass is 10.1. The number of rotatable bonds is 3. The third-order valence-corrected chi connectivity index (χ3v) is 2.28. The van der Waals surface area contributed by atoms with E-state index in [1.54, 1.807) is 19.1 Å². The van der Waals surface area contributed by atoms with E-state index < -0.39 is 0 Å². The van der Waals surface area contributed by atoms with Crippen LogP contribution in [0.15, 0.2) is 12.1 Å². The number of phenolic OH excluding ortho intramolecular Hbond substituents is 1. The summed E-state index contributed by atoms with van der Waals surface area (Å²) < 4.78 is 0. The number of hydrogen-bond donors (Lipinski definition) is 3. The quantitative estimate of drug-likeness (QED) is 0.700. The highest BCUT2D eigenvalue weighted by Gasteiger charge is 2.08. The highest BCUT2D eigenvalue weighted by molar-refractivity contribution is 5.92. The molecule has 1 aromatic rings. The zero-order chi connectivity index (χ0) is 11.4. The van der Waals surface area contributed by atoms with Crippen LogP contribution in [0.3, 0.4) is 0 Å². The molecule has 1 amide bonds. The summed E-state index contributed by atoms with van der Waals surface area (Å²) in [4.78, 5) is 11.3. The highest BCUT2D eigenvalue weighted by Crippen LogP contribution is 2.27. The molecule has 4 heteroatoms. The Morgan fingerprint density at radius 3 is 2.73 bits per heavy atom. The van der Waals surface area contributed by atoms with Gasteiger partial charge in [0.25, 0.3) is 0 Å². The molecule has 0 aliphatic heterocycles. The first-order valence-corrected chi connectivity index (χ1v) is 4.85. The van der Waals surface area contributed by atoms with Gasteiger partial charge in [0.15, 0.2) is 0 Å². The van der Waals surface area contributed by atoms with Crippen molar-refractivity contribution in [2.24, 2.45) is 5.73 Å². The van der Waals surface area contributed by atoms with E-state index in [1.807, 2.05) is 6.92 Å². The molecule has 0 radical (unpaired) electrons. The second-order valence-corrected chi connectivity index (χ2v) is 3.49. The zero-order valence-corrected chi connectivity index (χ0v) is 9.00. The van der Waals surface area contributed by atoms with E-state index in [0.29, 0.717) is 17.8 Å². The van der Waals surface area contributed by atoms with E-state index in [0.717, 1.165) is 5.56 Å². The lowest BCUT2D eigenvalue weighted by Crippen LogP contribution is -2.16. The Labute approximate surface area is 89.1 Å². The van der Waals surface area contributed by atoms with Crippen molar-refractivity contribution in [3.05, 3.63) is 23.3 Å². The Kier molecular flexibility index (Phi) is 3.68. The largest absolute Gasteiger partial charge is 0.507 e. The Morgan fingerprint density at radius 2 is 2.13 bits per heavy atom. The van der Waals surface area contributed by atoms with Crippen LogP contribution in [0.1, 0.15) is 17.5 Å². The molecule has 0 aliphatic carbocycles. The molecule has 0 heterocycles. The topological polar surface area (TPSA) is 75.4 Å². The fraction of sp³-hybridized carbons (Fsp3) is 0.364. The van der Waals surface area contributed by atoms with Crippen molar-refractivity contribution in [1.29, 1.82) is 0 Å². The van der Waals surface area contributed by atoms with Crippen LogP contribution in [0, 0.1) is 13.8 Å². The molecule has 0 aliphatic rings. The number of amides is 1. The second-order valence-electron chi connectivity index (χ2n) is 3.49. The predicted octanol–water partition coefficient (Wildman–Crippen LogP) is 1.30. The lowest BCUT2D eigenvalue weighted by molar-refractivity contribution is -0.116. The zero-order valence-electron chi connectivity index (χ0n) is 9.00. The Balaban J connectivity index is 2.87. The van der Waals surface area contributed by atoms with Crippen molar-refractivity contribution < 1.29 is 9.90 Å². The molecule has 0 spiro atoms. The maximum Gasteiger partial charge on any atom is 0.225 e. The fourth-order valence-electron chi connectivity index (χ4n) is 1.31. The van der Waals surface area contributed by atoms with E-state index in [-0.39, 0.29) is 18.1 Å². The van der Waals surface area contributed by atoms with E-state index in [1.165, 1.54) is 0 Å². The number of anilines is 1. The minimum absolute atomic E-state index is 0.135. The summed E-state index contributed by atoms with van der Waals surface area (Å²) in [5.74, 6) is 0.0874. The van der Waals surface area contributed by atoms with Gasteiger partial charge in [-0.3, -0.25) is 4.79 Å². The third-order valence-electron chi connectivity index (χ3n) is 2.28. The minimum atomic E-state index is -0.135. The Hall–Kier alpha value is -1.55. The van der Waals surface area contributed by atoms with Crippen LogP contribution in [0.5, 0.6) is 5.75 Å². The first kappa shape index (κ1) is 11.5. The van der Waals surface area contributed by atoms with Gasteiger partial charge in [0.05, 0.1) is 0 Å². The Morgan fingerprint density at radius 1 is 1.47 bits per heavy atom. The molecule has 4 N–H and O–H groups in total. The molecule has 0 fully saturated rings. The molecule has 15 heavy (non-hydrogen) atoms. The van der Waals surface area contributed by atoms with E-state index in [2.05, 4.69) is 5.32 Å². The highest BCUT2D eigenvalue weighted by atomic mass is 16.3. The van der Waals surface area contributed by atoms with Crippen molar-refractivity contribution in [1.82, 2.24) is 0 Å². The monoisotopic (exact) mass is 208 g/mol. The van der Waals surface area contributed by atoms with Gasteiger partial charge in [-0.15, -0.1) is 0 Å². The summed E-state index contributed by atoms with van der Waals surface area (Å²) in [5.41, 5.74) is 7.38. The number of phenols is 1. The molecule has 1 aromatic carbocycles. The van der Waals surface area contributed by atoms with Crippen LogP contribution in [0.2, 0.25) is 0 Å². The van der Waals surface area contributed by atoms with Gasteiger partial charge in [0.2, 0.25) is 5.91 Å². The summed E-state index contributed by atoms with van der Waals surface area (Å²) in [7, 11) is 0. The number of nitrogens with two attached hydrogens (primary N) is 1. The van der Waals surface area contributed by atoms with Crippen molar-refractivity contribution in [3.63, 3.8) is 0 Å². The smallest absolute Gasteiger partial charge is 0.225 e. The molecule has 0 saturated carbocycles. The fourth-order valence-corrected chi connectivity index (χ4v) is 1.31. The molecule has 0 atom stereocenters. The van der Waals surface area contributed by atoms with Crippen LogP contribution in [-0.4, -0.2) is 17.6 Å². The Bertz CT molecular complexity index is 375. The standard InChI is InChI=1S/C11H16N2O2/c1-7-3-4-9(8(2)11(7)15)13-10(14)5-6-12/h3-4,15H,5-6,12H2,1-2H3,(H,13,14). The number of benzene rings is 1. The van der Waals surface area contributed by atoms with Gasteiger partial charge in [0, 0.05) is 24.2 Å². The van der Waals surface area contributed by atoms with Crippen molar-refractivity contribution in [2.75, 3.05) is 11.9 Å². The number of hydrogen-bond acceptors (Lipinski definition) is 3. The summed E-state index contributed by atoms with van der Waals surface area (Å²) in [5, 5.41) is 12.4. The number of carbonyl (C=O) groups is 1. The van der Waals surface area contributed by atoms with Gasteiger partial charge in [-0.1, -0.05) is 6.07 Å². The van der Waals surface area contributed by atoms with Crippen molar-refractivity contribution in [2.45, 2.75) is 20.3 Å². The molecule has 4 nitrogen and oxygen atoms in total. The van der Waals surface area contributed by atoms with Crippen LogP contribution in [-0.2, 0) is 4.79 Å². The average Bonchev–Trinajstić information content (AvgIpc) is 2.20. The van der Waals surface area contributed by atoms with Crippen LogP contribution in [0.4, 0.5) is 5.69 Å². The average molecular weight is 208 g/mol. The predicted molar refractivity (Wildman–Crippen MR) is 59.9 cm³/mol. The maximum absolute atomic E-state index is 11.3. The van der Waals surface area contributed by atoms with Gasteiger partial charge in [-0.2, -0.15) is 0 Å². The maximum atomic E-state index is 11.3. The third kappa shape index (κ3) is 2.70. The van der Waals surface area contributed by atoms with Crippen molar-refractivity contribution >= 4 is 11.6 Å². The first-order chi connectivity index (χ1) is 7.06. The minimum Gasteiger partial charge on any atom is -0.507 e. The molecular formula is C11H16N2O2. The molecule has 0 bridgehead atoms. The summed E-state index contributed by atoms with van der Waals surface area (Å²) in [6, 6.07) is 3.54.